The quantitative estimate of drug-likeness (QED) is 0.343. The van der Waals surface area contributed by atoms with Crippen molar-refractivity contribution in [1.82, 2.24) is 14.5 Å². The highest BCUT2D eigenvalue weighted by Gasteiger charge is 2.12. The van der Waals surface area contributed by atoms with Crippen molar-refractivity contribution in [2.75, 3.05) is 23.8 Å². The lowest BCUT2D eigenvalue weighted by Gasteiger charge is -2.06. The first kappa shape index (κ1) is 21.5. The topological polar surface area (TPSA) is 130 Å². The number of aromatic nitrogens is 3. The van der Waals surface area contributed by atoms with Crippen molar-refractivity contribution < 1.29 is 9.90 Å². The van der Waals surface area contributed by atoms with Crippen molar-refractivity contribution in [2.24, 2.45) is 17.8 Å². The molecule has 0 radical (unpaired) electrons. The molecule has 0 atom stereocenters. The number of rotatable bonds is 7. The average Bonchev–Trinajstić information content (AvgIpc) is 3.09. The van der Waals surface area contributed by atoms with Crippen molar-refractivity contribution in [3.8, 4) is 23.1 Å². The summed E-state index contributed by atoms with van der Waals surface area (Å²) in [5, 5.41) is 15.6. The number of allylic oxidation sites excluding steroid dienone is 1. The van der Waals surface area contributed by atoms with Crippen LogP contribution in [0.15, 0.2) is 53.5 Å². The maximum Gasteiger partial charge on any atom is 0.300 e. The normalized spacial score (nSPS) is 11.4. The number of anilines is 2. The summed E-state index contributed by atoms with van der Waals surface area (Å²) in [5.41, 5.74) is 9.37. The van der Waals surface area contributed by atoms with Gasteiger partial charge in [0.15, 0.2) is 0 Å². The fourth-order valence-electron chi connectivity index (χ4n) is 2.98. The highest BCUT2D eigenvalue weighted by Crippen LogP contribution is 2.31. The summed E-state index contributed by atoms with van der Waals surface area (Å²) in [4.78, 5) is 24.6. The minimum absolute atomic E-state index is 0.0428. The molecule has 0 aliphatic heterocycles. The van der Waals surface area contributed by atoms with Gasteiger partial charge >= 0.3 is 0 Å². The summed E-state index contributed by atoms with van der Waals surface area (Å²) in [5.74, 6) is 5.06. The molecular weight excluding hydrogens is 394 g/mol. The van der Waals surface area contributed by atoms with Crippen LogP contribution in [-0.4, -0.2) is 44.9 Å². The Bertz CT molecular complexity index is 1220. The molecule has 3 rings (SSSR count). The number of nitrogens with one attached hydrogen (secondary N) is 2. The number of aryl methyl sites for hydroxylation is 1. The average molecular weight is 417 g/mol. The molecule has 0 unspecified atom stereocenters. The van der Waals surface area contributed by atoms with Crippen molar-refractivity contribution in [3.63, 3.8) is 0 Å². The van der Waals surface area contributed by atoms with Crippen LogP contribution in [0.1, 0.15) is 6.92 Å². The minimum Gasteiger partial charge on any atom is -0.403 e. The number of hydrogen-bond donors (Lipinski definition) is 4. The third kappa shape index (κ3) is 5.26. The van der Waals surface area contributed by atoms with Gasteiger partial charge in [-0.2, -0.15) is 0 Å². The van der Waals surface area contributed by atoms with Gasteiger partial charge in [-0.3, -0.25) is 9.79 Å². The summed E-state index contributed by atoms with van der Waals surface area (Å²) in [7, 11) is 1.93. The predicted molar refractivity (Wildman–Crippen MR) is 122 cm³/mol. The maximum absolute atomic E-state index is 11.7. The third-order valence-electron chi connectivity index (χ3n) is 4.31. The van der Waals surface area contributed by atoms with Crippen molar-refractivity contribution in [3.05, 3.63) is 48.6 Å². The van der Waals surface area contributed by atoms with Crippen molar-refractivity contribution >= 4 is 34.7 Å². The molecule has 9 nitrogen and oxygen atoms in total. The second-order valence-electron chi connectivity index (χ2n) is 6.49. The molecule has 0 saturated carbocycles. The van der Waals surface area contributed by atoms with E-state index in [1.807, 2.05) is 42.1 Å². The lowest BCUT2D eigenvalue weighted by atomic mass is 10.1. The Morgan fingerprint density at radius 1 is 1.35 bits per heavy atom. The Labute approximate surface area is 179 Å². The van der Waals surface area contributed by atoms with E-state index in [1.165, 1.54) is 12.4 Å². The number of carbonyl (C=O) groups is 1. The van der Waals surface area contributed by atoms with Gasteiger partial charge in [-0.05, 0) is 31.0 Å². The SMILES string of the molecule is CC#CC(=O)Nc1ccc2c(-c3ccnc(NC(C=NCCO)=CN)n3)cn(C)c2c1. The number of fused-ring (bicyclic) bond motifs is 1. The lowest BCUT2D eigenvalue weighted by Crippen LogP contribution is -2.08. The van der Waals surface area contributed by atoms with Crippen LogP contribution in [0.3, 0.4) is 0 Å². The Kier molecular flexibility index (Phi) is 6.98. The van der Waals surface area contributed by atoms with E-state index in [1.54, 1.807) is 13.1 Å². The van der Waals surface area contributed by atoms with Crippen molar-refractivity contribution in [2.45, 2.75) is 6.92 Å². The number of benzene rings is 1. The summed E-state index contributed by atoms with van der Waals surface area (Å²) >= 11 is 0. The standard InChI is InChI=1S/C22H23N7O2/c1-3-4-21(31)26-15-5-6-17-18(14-29(2)20(17)11-15)19-7-8-25-22(28-19)27-16(12-23)13-24-9-10-30/h5-8,11-14,30H,9-10,23H2,1-2H3,(H,26,31)(H,25,27,28). The maximum atomic E-state index is 11.7. The zero-order chi connectivity index (χ0) is 22.2. The van der Waals surface area contributed by atoms with Crippen LogP contribution in [0, 0.1) is 11.8 Å². The molecular formula is C22H23N7O2. The molecule has 31 heavy (non-hydrogen) atoms. The summed E-state index contributed by atoms with van der Waals surface area (Å²) in [6, 6.07) is 7.47. The molecule has 0 aliphatic carbocycles. The minimum atomic E-state index is -0.353. The summed E-state index contributed by atoms with van der Waals surface area (Å²) in [6.07, 6.45) is 6.49. The van der Waals surface area contributed by atoms with E-state index in [9.17, 15) is 4.79 Å². The first-order chi connectivity index (χ1) is 15.0. The first-order valence-corrected chi connectivity index (χ1v) is 9.51. The second-order valence-corrected chi connectivity index (χ2v) is 6.49. The molecule has 2 heterocycles. The summed E-state index contributed by atoms with van der Waals surface area (Å²) < 4.78 is 1.97. The zero-order valence-electron chi connectivity index (χ0n) is 17.3. The molecule has 0 spiro atoms. The Balaban J connectivity index is 1.90. The Hall–Kier alpha value is -4.16. The van der Waals surface area contributed by atoms with Crippen molar-refractivity contribution in [1.29, 1.82) is 0 Å². The van der Waals surface area contributed by atoms with Crippen LogP contribution in [0.2, 0.25) is 0 Å². The highest BCUT2D eigenvalue weighted by atomic mass is 16.3. The van der Waals surface area contributed by atoms with E-state index < -0.39 is 0 Å². The van der Waals surface area contributed by atoms with E-state index >= 15 is 0 Å². The number of nitrogens with two attached hydrogens (primary N) is 1. The van der Waals surface area contributed by atoms with Crippen LogP contribution in [0.5, 0.6) is 0 Å². The molecule has 3 aromatic rings. The molecule has 0 saturated heterocycles. The van der Waals surface area contributed by atoms with Gasteiger partial charge in [0.1, 0.15) is 0 Å². The monoisotopic (exact) mass is 417 g/mol. The van der Waals surface area contributed by atoms with Gasteiger partial charge in [-0.15, -0.1) is 0 Å². The largest absolute Gasteiger partial charge is 0.403 e. The van der Waals surface area contributed by atoms with Gasteiger partial charge in [0.05, 0.1) is 30.1 Å². The third-order valence-corrected chi connectivity index (χ3v) is 4.31. The smallest absolute Gasteiger partial charge is 0.300 e. The van der Waals surface area contributed by atoms with E-state index in [-0.39, 0.29) is 19.1 Å². The van der Waals surface area contributed by atoms with Gasteiger partial charge in [0.25, 0.3) is 5.91 Å². The van der Waals surface area contributed by atoms with E-state index in [2.05, 4.69) is 37.4 Å². The Morgan fingerprint density at radius 2 is 2.19 bits per heavy atom. The number of aliphatic imine (C=N–C) groups is 1. The number of hydrogen-bond acceptors (Lipinski definition) is 7. The molecule has 0 bridgehead atoms. The summed E-state index contributed by atoms with van der Waals surface area (Å²) in [6.45, 7) is 1.85. The number of aliphatic hydroxyl groups excluding tert-OH is 1. The molecule has 0 fully saturated rings. The molecule has 1 amide bonds. The fourth-order valence-corrected chi connectivity index (χ4v) is 2.98. The molecule has 158 valence electrons. The molecule has 0 aliphatic rings. The first-order valence-electron chi connectivity index (χ1n) is 9.51. The lowest BCUT2D eigenvalue weighted by molar-refractivity contribution is -0.111. The number of amides is 1. The fraction of sp³-hybridized carbons (Fsp3) is 0.182. The number of nitrogens with zero attached hydrogens (tertiary/aromatic N) is 4. The molecule has 5 N–H and O–H groups in total. The van der Waals surface area contributed by atoms with Crippen LogP contribution in [0.4, 0.5) is 11.6 Å². The van der Waals surface area contributed by atoms with Gasteiger partial charge in [0, 0.05) is 48.5 Å². The van der Waals surface area contributed by atoms with Crippen LogP contribution in [-0.2, 0) is 11.8 Å². The van der Waals surface area contributed by atoms with E-state index in [4.69, 9.17) is 10.8 Å². The van der Waals surface area contributed by atoms with Crippen LogP contribution >= 0.6 is 0 Å². The van der Waals surface area contributed by atoms with Gasteiger partial charge in [-0.1, -0.05) is 12.0 Å². The van der Waals surface area contributed by atoms with E-state index in [0.717, 1.165) is 22.2 Å². The molecule has 9 heteroatoms. The molecule has 1 aromatic carbocycles. The van der Waals surface area contributed by atoms with Gasteiger partial charge in [0.2, 0.25) is 5.95 Å². The van der Waals surface area contributed by atoms with Crippen LogP contribution < -0.4 is 16.4 Å². The zero-order valence-corrected chi connectivity index (χ0v) is 17.3. The van der Waals surface area contributed by atoms with E-state index in [0.29, 0.717) is 17.3 Å². The predicted octanol–water partition coefficient (Wildman–Crippen LogP) is 1.87. The van der Waals surface area contributed by atoms with Crippen LogP contribution in [0.25, 0.3) is 22.2 Å². The number of carbonyl (C=O) groups excluding carboxylic acids is 1. The Morgan fingerprint density at radius 3 is 2.94 bits per heavy atom. The second kappa shape index (κ2) is 10.0. The van der Waals surface area contributed by atoms with Gasteiger partial charge in [-0.25, -0.2) is 9.97 Å². The molecule has 2 aromatic heterocycles. The van der Waals surface area contributed by atoms with Gasteiger partial charge < -0.3 is 26.0 Å². The number of aliphatic hydroxyl groups is 1. The highest BCUT2D eigenvalue weighted by molar-refractivity contribution is 6.05.